The predicted octanol–water partition coefficient (Wildman–Crippen LogP) is 1.64. The molecule has 0 fully saturated rings. The molecule has 0 atom stereocenters. The van der Waals surface area contributed by atoms with Crippen LogP contribution in [0.4, 0.5) is 0 Å². The molecular weight excluding hydrogens is 286 g/mol. The molecule has 0 spiro atoms. The van der Waals surface area contributed by atoms with Gasteiger partial charge in [0.05, 0.1) is 5.69 Å². The Morgan fingerprint density at radius 2 is 1.76 bits per heavy atom. The fourth-order valence-electron chi connectivity index (χ4n) is 1.88. The van der Waals surface area contributed by atoms with E-state index in [9.17, 15) is 9.59 Å². The molecule has 7 heteroatoms. The van der Waals surface area contributed by atoms with Gasteiger partial charge in [-0.15, -0.1) is 0 Å². The highest BCUT2D eigenvalue weighted by Crippen LogP contribution is 2.08. The average Bonchev–Trinajstić information content (AvgIpc) is 2.69. The van der Waals surface area contributed by atoms with Gasteiger partial charge in [0.1, 0.15) is 6.73 Å². The molecule has 2 rings (SSSR count). The van der Waals surface area contributed by atoms with Gasteiger partial charge in [-0.25, -0.2) is 14.3 Å². The molecule has 0 amide bonds. The molecule has 1 heterocycles. The van der Waals surface area contributed by atoms with E-state index in [1.54, 1.807) is 12.1 Å². The Kier molecular flexibility index (Phi) is 4.64. The van der Waals surface area contributed by atoms with Crippen molar-refractivity contribution in [2.45, 2.75) is 32.4 Å². The lowest BCUT2D eigenvalue weighted by Gasteiger charge is -2.16. The minimum absolute atomic E-state index is 0.0664. The van der Waals surface area contributed by atoms with Crippen molar-refractivity contribution in [1.82, 2.24) is 14.3 Å². The first-order chi connectivity index (χ1) is 9.88. The van der Waals surface area contributed by atoms with Crippen molar-refractivity contribution in [2.75, 3.05) is 6.61 Å². The molecule has 2 aromatic rings. The molecule has 0 saturated carbocycles. The van der Waals surface area contributed by atoms with Crippen molar-refractivity contribution in [3.05, 3.63) is 51.3 Å². The molecule has 0 unspecified atom stereocenters. The number of para-hydroxylation sites is 1. The van der Waals surface area contributed by atoms with E-state index in [-0.39, 0.29) is 6.73 Å². The molecule has 0 aliphatic rings. The van der Waals surface area contributed by atoms with Gasteiger partial charge in [-0.05, 0) is 18.2 Å². The number of H-pyrrole nitrogens is 1. The van der Waals surface area contributed by atoms with Crippen LogP contribution in [-0.4, -0.2) is 29.0 Å². The molecule has 21 heavy (non-hydrogen) atoms. The molecular formula is C14H21N3O3Si. The lowest BCUT2D eigenvalue weighted by atomic mass is 10.3. The molecule has 0 radical (unpaired) electrons. The SMILES string of the molecule is C[Si](C)(C)CCOCn1c(=O)[nH]c(=O)n1-c1ccccc1. The zero-order valence-electron chi connectivity index (χ0n) is 12.6. The maximum atomic E-state index is 11.9. The number of hydrogen-bond donors (Lipinski definition) is 1. The van der Waals surface area contributed by atoms with Gasteiger partial charge in [0.2, 0.25) is 0 Å². The minimum Gasteiger partial charge on any atom is -0.359 e. The quantitative estimate of drug-likeness (QED) is 0.651. The molecule has 0 aliphatic heterocycles. The molecule has 0 bridgehead atoms. The van der Waals surface area contributed by atoms with Crippen LogP contribution in [0.1, 0.15) is 0 Å². The lowest BCUT2D eigenvalue weighted by molar-refractivity contribution is 0.0707. The topological polar surface area (TPSA) is 69.0 Å². The van der Waals surface area contributed by atoms with Gasteiger partial charge in [-0.1, -0.05) is 37.8 Å². The second-order valence-electron chi connectivity index (χ2n) is 6.13. The van der Waals surface area contributed by atoms with Crippen LogP contribution in [0.3, 0.4) is 0 Å². The van der Waals surface area contributed by atoms with Crippen LogP contribution in [0.2, 0.25) is 25.7 Å². The number of nitrogens with one attached hydrogen (secondary N) is 1. The number of nitrogens with zero attached hydrogens (tertiary/aromatic N) is 2. The Morgan fingerprint density at radius 1 is 1.10 bits per heavy atom. The second kappa shape index (κ2) is 6.27. The molecule has 0 aliphatic carbocycles. The summed E-state index contributed by atoms with van der Waals surface area (Å²) in [4.78, 5) is 26.0. The summed E-state index contributed by atoms with van der Waals surface area (Å²) in [6.07, 6.45) is 0. The fourth-order valence-corrected chi connectivity index (χ4v) is 2.64. The Morgan fingerprint density at radius 3 is 2.38 bits per heavy atom. The molecule has 0 saturated heterocycles. The number of aromatic nitrogens is 3. The van der Waals surface area contributed by atoms with Gasteiger partial charge in [-0.3, -0.25) is 4.98 Å². The maximum Gasteiger partial charge on any atom is 0.349 e. The first-order valence-corrected chi connectivity index (χ1v) is 10.6. The van der Waals surface area contributed by atoms with Crippen molar-refractivity contribution in [3.8, 4) is 5.69 Å². The molecule has 114 valence electrons. The van der Waals surface area contributed by atoms with E-state index in [1.807, 2.05) is 18.2 Å². The smallest absolute Gasteiger partial charge is 0.349 e. The van der Waals surface area contributed by atoms with Gasteiger partial charge in [0, 0.05) is 14.7 Å². The molecule has 1 aromatic heterocycles. The summed E-state index contributed by atoms with van der Waals surface area (Å²) in [6, 6.07) is 10.0. The number of benzene rings is 1. The average molecular weight is 307 g/mol. The highest BCUT2D eigenvalue weighted by Gasteiger charge is 2.14. The van der Waals surface area contributed by atoms with Crippen molar-refractivity contribution >= 4 is 8.07 Å². The van der Waals surface area contributed by atoms with Crippen molar-refractivity contribution < 1.29 is 4.74 Å². The van der Waals surface area contributed by atoms with E-state index >= 15 is 0 Å². The standard InChI is InChI=1S/C14H21N3O3Si/c1-21(2,3)10-9-20-11-16-13(18)15-14(19)17(16)12-7-5-4-6-8-12/h4-8H,9-11H2,1-3H3,(H,15,18,19). The highest BCUT2D eigenvalue weighted by molar-refractivity contribution is 6.76. The molecule has 6 nitrogen and oxygen atoms in total. The molecule has 1 aromatic carbocycles. The second-order valence-corrected chi connectivity index (χ2v) is 11.8. The van der Waals surface area contributed by atoms with E-state index in [2.05, 4.69) is 24.6 Å². The third-order valence-corrected chi connectivity index (χ3v) is 4.80. The summed E-state index contributed by atoms with van der Waals surface area (Å²) in [5.41, 5.74) is -0.286. The number of rotatable bonds is 6. The number of aromatic amines is 1. The van der Waals surface area contributed by atoms with E-state index in [0.29, 0.717) is 12.3 Å². The summed E-state index contributed by atoms with van der Waals surface area (Å²) in [7, 11) is -1.17. The van der Waals surface area contributed by atoms with Crippen LogP contribution in [0.25, 0.3) is 5.69 Å². The van der Waals surface area contributed by atoms with E-state index in [4.69, 9.17) is 4.74 Å². The van der Waals surface area contributed by atoms with Crippen LogP contribution >= 0.6 is 0 Å². The summed E-state index contributed by atoms with van der Waals surface area (Å²) in [5.74, 6) is 0. The third-order valence-electron chi connectivity index (χ3n) is 3.09. The zero-order chi connectivity index (χ0) is 15.5. The summed E-state index contributed by atoms with van der Waals surface area (Å²) in [6.45, 7) is 7.45. The minimum atomic E-state index is -1.17. The van der Waals surface area contributed by atoms with E-state index in [1.165, 1.54) is 9.36 Å². The van der Waals surface area contributed by atoms with Crippen molar-refractivity contribution in [1.29, 1.82) is 0 Å². The van der Waals surface area contributed by atoms with Gasteiger partial charge in [0.15, 0.2) is 0 Å². The van der Waals surface area contributed by atoms with Crippen LogP contribution in [0, 0.1) is 0 Å². The lowest BCUT2D eigenvalue weighted by Crippen LogP contribution is -2.28. The van der Waals surface area contributed by atoms with E-state index < -0.39 is 19.5 Å². The van der Waals surface area contributed by atoms with Crippen LogP contribution < -0.4 is 11.4 Å². The van der Waals surface area contributed by atoms with Gasteiger partial charge < -0.3 is 4.74 Å². The Hall–Kier alpha value is -1.86. The first-order valence-electron chi connectivity index (χ1n) is 6.94. The van der Waals surface area contributed by atoms with Gasteiger partial charge >= 0.3 is 11.4 Å². The third kappa shape index (κ3) is 4.05. The normalized spacial score (nSPS) is 11.8. The van der Waals surface area contributed by atoms with E-state index in [0.717, 1.165) is 6.04 Å². The zero-order valence-corrected chi connectivity index (χ0v) is 13.6. The Bertz CT molecular complexity index is 695. The van der Waals surface area contributed by atoms with Crippen molar-refractivity contribution in [3.63, 3.8) is 0 Å². The van der Waals surface area contributed by atoms with Crippen LogP contribution in [0.15, 0.2) is 39.9 Å². The summed E-state index contributed by atoms with van der Waals surface area (Å²) >= 11 is 0. The monoisotopic (exact) mass is 307 g/mol. The van der Waals surface area contributed by atoms with Gasteiger partial charge in [0.25, 0.3) is 0 Å². The largest absolute Gasteiger partial charge is 0.359 e. The fraction of sp³-hybridized carbons (Fsp3) is 0.429. The Labute approximate surface area is 124 Å². The van der Waals surface area contributed by atoms with Crippen LogP contribution in [-0.2, 0) is 11.5 Å². The Balaban J connectivity index is 2.17. The first kappa shape index (κ1) is 15.5. The summed E-state index contributed by atoms with van der Waals surface area (Å²) in [5, 5.41) is 0. The van der Waals surface area contributed by atoms with Gasteiger partial charge in [-0.2, -0.15) is 4.68 Å². The number of ether oxygens (including phenoxy) is 1. The number of hydrogen-bond acceptors (Lipinski definition) is 3. The maximum absolute atomic E-state index is 11.9. The van der Waals surface area contributed by atoms with Crippen molar-refractivity contribution in [2.24, 2.45) is 0 Å². The molecule has 1 N–H and O–H groups in total. The predicted molar refractivity (Wildman–Crippen MR) is 84.8 cm³/mol. The highest BCUT2D eigenvalue weighted by atomic mass is 28.3. The summed E-state index contributed by atoms with van der Waals surface area (Å²) < 4.78 is 8.15. The van der Waals surface area contributed by atoms with Crippen LogP contribution in [0.5, 0.6) is 0 Å².